The van der Waals surface area contributed by atoms with Crippen LogP contribution >= 0.6 is 15.9 Å². The molecule has 180 valence electrons. The Hall–Kier alpha value is -3.82. The summed E-state index contributed by atoms with van der Waals surface area (Å²) >= 11 is 3.38. The third-order valence-electron chi connectivity index (χ3n) is 5.74. The molecule has 0 bridgehead atoms. The summed E-state index contributed by atoms with van der Waals surface area (Å²) in [6, 6.07) is 20.6. The third-order valence-corrected chi connectivity index (χ3v) is 8.05. The van der Waals surface area contributed by atoms with Crippen LogP contribution in [0.15, 0.2) is 99.7 Å². The number of aromatic nitrogens is 3. The first-order valence-electron chi connectivity index (χ1n) is 11.1. The molecule has 0 aliphatic heterocycles. The van der Waals surface area contributed by atoms with Gasteiger partial charge in [-0.2, -0.15) is 0 Å². The number of hydrogen-bond acceptors (Lipinski definition) is 5. The molecule has 2 heterocycles. The summed E-state index contributed by atoms with van der Waals surface area (Å²) in [6.07, 6.45) is 1.62. The minimum atomic E-state index is -4.10. The van der Waals surface area contributed by atoms with E-state index in [4.69, 9.17) is 4.98 Å². The van der Waals surface area contributed by atoms with Gasteiger partial charge in [-0.25, -0.2) is 18.4 Å². The van der Waals surface area contributed by atoms with Gasteiger partial charge in [-0.3, -0.25) is 4.79 Å². The van der Waals surface area contributed by atoms with Crippen molar-refractivity contribution >= 4 is 59.7 Å². The van der Waals surface area contributed by atoms with Crippen LogP contribution in [0, 0.1) is 6.92 Å². The SMILES string of the molecule is C=CCn1c(NC(=O)c2cccc(Br)c2)c(S(=O)(=O)c2ccc(C)cc2)c2nc3ccccc3nc21. The van der Waals surface area contributed by atoms with Crippen LogP contribution in [0.4, 0.5) is 5.82 Å². The molecule has 0 spiro atoms. The lowest BCUT2D eigenvalue weighted by Crippen LogP contribution is -2.17. The van der Waals surface area contributed by atoms with Crippen LogP contribution in [0.3, 0.4) is 0 Å². The van der Waals surface area contributed by atoms with E-state index in [2.05, 4.69) is 32.8 Å². The molecular formula is C27H21BrN4O3S. The van der Waals surface area contributed by atoms with Crippen LogP contribution in [-0.4, -0.2) is 28.9 Å². The molecule has 0 aliphatic carbocycles. The molecule has 36 heavy (non-hydrogen) atoms. The van der Waals surface area contributed by atoms with Crippen molar-refractivity contribution in [2.24, 2.45) is 0 Å². The summed E-state index contributed by atoms with van der Waals surface area (Å²) in [5.41, 5.74) is 2.97. The third kappa shape index (κ3) is 4.20. The lowest BCUT2D eigenvalue weighted by atomic mass is 10.2. The molecule has 0 saturated heterocycles. The Morgan fingerprint density at radius 3 is 2.39 bits per heavy atom. The molecule has 0 unspecified atom stereocenters. The smallest absolute Gasteiger partial charge is 0.256 e. The number of aryl methyl sites for hydroxylation is 1. The van der Waals surface area contributed by atoms with Crippen molar-refractivity contribution in [1.29, 1.82) is 0 Å². The molecule has 5 aromatic rings. The molecule has 7 nitrogen and oxygen atoms in total. The zero-order valence-corrected chi connectivity index (χ0v) is 21.7. The Morgan fingerprint density at radius 2 is 1.72 bits per heavy atom. The van der Waals surface area contributed by atoms with Gasteiger partial charge in [0.1, 0.15) is 16.2 Å². The van der Waals surface area contributed by atoms with Gasteiger partial charge in [0.15, 0.2) is 5.65 Å². The van der Waals surface area contributed by atoms with Gasteiger partial charge in [-0.15, -0.1) is 6.58 Å². The van der Waals surface area contributed by atoms with Crippen molar-refractivity contribution in [2.75, 3.05) is 5.32 Å². The number of nitrogens with one attached hydrogen (secondary N) is 1. The summed E-state index contributed by atoms with van der Waals surface area (Å²) in [6.45, 7) is 5.91. The summed E-state index contributed by atoms with van der Waals surface area (Å²) < 4.78 is 30.4. The van der Waals surface area contributed by atoms with Crippen molar-refractivity contribution in [3.05, 3.63) is 101 Å². The van der Waals surface area contributed by atoms with Crippen molar-refractivity contribution in [3.63, 3.8) is 0 Å². The number of anilines is 1. The Labute approximate surface area is 216 Å². The van der Waals surface area contributed by atoms with Crippen LogP contribution in [0.5, 0.6) is 0 Å². The van der Waals surface area contributed by atoms with Gasteiger partial charge in [-0.1, -0.05) is 57.9 Å². The summed E-state index contributed by atoms with van der Waals surface area (Å²) in [5.74, 6) is -0.375. The maximum Gasteiger partial charge on any atom is 0.256 e. The van der Waals surface area contributed by atoms with Crippen LogP contribution < -0.4 is 5.32 Å². The molecule has 0 atom stereocenters. The number of hydrogen-bond donors (Lipinski definition) is 1. The maximum absolute atomic E-state index is 14.0. The van der Waals surface area contributed by atoms with E-state index in [0.717, 1.165) is 10.0 Å². The van der Waals surface area contributed by atoms with Gasteiger partial charge in [0, 0.05) is 16.6 Å². The summed E-state index contributed by atoms with van der Waals surface area (Å²) in [5, 5.41) is 2.83. The number of amides is 1. The first-order chi connectivity index (χ1) is 17.3. The number of carbonyl (C=O) groups excluding carboxylic acids is 1. The second-order valence-electron chi connectivity index (χ2n) is 8.24. The van der Waals surface area contributed by atoms with Gasteiger partial charge in [0.25, 0.3) is 5.91 Å². The second-order valence-corrected chi connectivity index (χ2v) is 11.0. The zero-order valence-electron chi connectivity index (χ0n) is 19.3. The van der Waals surface area contributed by atoms with Crippen molar-refractivity contribution < 1.29 is 13.2 Å². The van der Waals surface area contributed by atoms with Gasteiger partial charge < -0.3 is 9.88 Å². The van der Waals surface area contributed by atoms with E-state index >= 15 is 0 Å². The average molecular weight is 561 g/mol. The molecule has 0 radical (unpaired) electrons. The van der Waals surface area contributed by atoms with Crippen LogP contribution in [0.25, 0.3) is 22.2 Å². The number of sulfone groups is 1. The fourth-order valence-electron chi connectivity index (χ4n) is 4.00. The molecule has 1 N–H and O–H groups in total. The van der Waals surface area contributed by atoms with Gasteiger partial charge in [0.05, 0.1) is 15.9 Å². The number of benzene rings is 3. The molecule has 9 heteroatoms. The highest BCUT2D eigenvalue weighted by atomic mass is 79.9. The fraction of sp³-hybridized carbons (Fsp3) is 0.0741. The lowest BCUT2D eigenvalue weighted by molar-refractivity contribution is 0.102. The van der Waals surface area contributed by atoms with Gasteiger partial charge >= 0.3 is 0 Å². The van der Waals surface area contributed by atoms with Gasteiger partial charge in [0.2, 0.25) is 9.84 Å². The highest BCUT2D eigenvalue weighted by molar-refractivity contribution is 9.10. The van der Waals surface area contributed by atoms with Crippen LogP contribution in [-0.2, 0) is 16.4 Å². The van der Waals surface area contributed by atoms with E-state index in [1.54, 1.807) is 71.3 Å². The molecule has 0 saturated carbocycles. The normalized spacial score (nSPS) is 11.6. The Kier molecular flexibility index (Phi) is 6.19. The first kappa shape index (κ1) is 23.9. The predicted octanol–water partition coefficient (Wildman–Crippen LogP) is 5.93. The van der Waals surface area contributed by atoms with E-state index in [9.17, 15) is 13.2 Å². The van der Waals surface area contributed by atoms with Crippen molar-refractivity contribution in [3.8, 4) is 0 Å². The van der Waals surface area contributed by atoms with E-state index in [0.29, 0.717) is 22.2 Å². The number of nitrogens with zero attached hydrogens (tertiary/aromatic N) is 3. The highest BCUT2D eigenvalue weighted by Crippen LogP contribution is 2.37. The number of fused-ring (bicyclic) bond motifs is 2. The molecule has 0 fully saturated rings. The van der Waals surface area contributed by atoms with E-state index in [1.165, 1.54) is 0 Å². The number of para-hydroxylation sites is 2. The molecule has 5 rings (SSSR count). The number of halogens is 1. The summed E-state index contributed by atoms with van der Waals surface area (Å²) in [7, 11) is -4.10. The topological polar surface area (TPSA) is 94.0 Å². The van der Waals surface area contributed by atoms with Gasteiger partial charge in [-0.05, 0) is 49.4 Å². The number of carbonyl (C=O) groups is 1. The Morgan fingerprint density at radius 1 is 1.03 bits per heavy atom. The predicted molar refractivity (Wildman–Crippen MR) is 144 cm³/mol. The van der Waals surface area contributed by atoms with E-state index in [-0.39, 0.29) is 27.7 Å². The number of rotatable bonds is 6. The minimum absolute atomic E-state index is 0.0887. The first-order valence-corrected chi connectivity index (χ1v) is 13.4. The molecule has 3 aromatic carbocycles. The van der Waals surface area contributed by atoms with Crippen molar-refractivity contribution in [1.82, 2.24) is 14.5 Å². The van der Waals surface area contributed by atoms with E-state index in [1.807, 2.05) is 19.1 Å². The zero-order chi connectivity index (χ0) is 25.4. The van der Waals surface area contributed by atoms with Crippen molar-refractivity contribution in [2.45, 2.75) is 23.3 Å². The Bertz CT molecular complexity index is 1760. The standard InChI is InChI=1S/C27H21BrN4O3S/c1-3-15-32-25-23(29-21-9-4-5-10-22(21)30-25)24(36(34,35)20-13-11-17(2)12-14-20)26(32)31-27(33)18-7-6-8-19(28)16-18/h3-14,16H,1,15H2,2H3,(H,31,33). The monoisotopic (exact) mass is 560 g/mol. The van der Waals surface area contributed by atoms with E-state index < -0.39 is 15.7 Å². The summed E-state index contributed by atoms with van der Waals surface area (Å²) in [4.78, 5) is 22.7. The van der Waals surface area contributed by atoms with Crippen LogP contribution in [0.2, 0.25) is 0 Å². The fourth-order valence-corrected chi connectivity index (χ4v) is 5.94. The average Bonchev–Trinajstić information content (AvgIpc) is 3.15. The maximum atomic E-state index is 14.0. The second kappa shape index (κ2) is 9.33. The Balaban J connectivity index is 1.83. The van der Waals surface area contributed by atoms with Crippen LogP contribution in [0.1, 0.15) is 15.9 Å². The molecule has 0 aliphatic rings. The number of allylic oxidation sites excluding steroid dienone is 1. The molecule has 2 aromatic heterocycles. The molecular weight excluding hydrogens is 540 g/mol. The lowest BCUT2D eigenvalue weighted by Gasteiger charge is -2.12. The molecule has 1 amide bonds. The quantitative estimate of drug-likeness (QED) is 0.260. The largest absolute Gasteiger partial charge is 0.307 e. The highest BCUT2D eigenvalue weighted by Gasteiger charge is 2.32. The minimum Gasteiger partial charge on any atom is -0.307 e.